The first kappa shape index (κ1) is 22.0. The molecule has 5 nitrogen and oxygen atoms in total. The Morgan fingerprint density at radius 1 is 1.15 bits per heavy atom. The minimum atomic E-state index is -3.19. The molecular weight excluding hydrogens is 384 g/mol. The van der Waals surface area contributed by atoms with Gasteiger partial charge in [-0.3, -0.25) is 9.59 Å². The summed E-state index contributed by atoms with van der Waals surface area (Å²) in [5, 5.41) is 6.51. The van der Waals surface area contributed by atoms with Crippen molar-refractivity contribution in [3.05, 3.63) is 58.3 Å². The number of carbonyl (C=O) groups is 2. The molecule has 1 heterocycles. The molecule has 26 heavy (non-hydrogen) atoms. The maximum Gasteiger partial charge on any atom is 0.277 e. The standard InChI is InChI=1S/C17H19F2N3O2S.ClH/c18-17(19,10-20)11-21-15(23)13(9-12-5-2-1-3-6-12)22-16(24)14-7-4-8-25-14;/h1-8,13H,9-11,20H2,(H,21,23)(H,22,24);1H. The van der Waals surface area contributed by atoms with E-state index in [9.17, 15) is 18.4 Å². The third kappa shape index (κ3) is 6.70. The van der Waals surface area contributed by atoms with Crippen molar-refractivity contribution in [2.24, 2.45) is 5.73 Å². The van der Waals surface area contributed by atoms with Gasteiger partial charge in [0.25, 0.3) is 11.8 Å². The molecule has 142 valence electrons. The zero-order chi connectivity index (χ0) is 18.3. The predicted molar refractivity (Wildman–Crippen MR) is 100.0 cm³/mol. The number of hydrogen-bond donors (Lipinski definition) is 3. The van der Waals surface area contributed by atoms with Gasteiger partial charge in [-0.15, -0.1) is 23.7 Å². The van der Waals surface area contributed by atoms with E-state index in [0.29, 0.717) is 4.88 Å². The third-order valence-electron chi connectivity index (χ3n) is 3.47. The molecule has 2 aromatic rings. The molecule has 1 atom stereocenters. The fourth-order valence-electron chi connectivity index (χ4n) is 2.11. The Hall–Kier alpha value is -2.03. The average molecular weight is 404 g/mol. The molecule has 0 saturated heterocycles. The van der Waals surface area contributed by atoms with Crippen molar-refractivity contribution < 1.29 is 18.4 Å². The minimum absolute atomic E-state index is 0. The van der Waals surface area contributed by atoms with Crippen LogP contribution in [0, 0.1) is 0 Å². The molecule has 2 rings (SSSR count). The maximum atomic E-state index is 13.3. The minimum Gasteiger partial charge on any atom is -0.348 e. The lowest BCUT2D eigenvalue weighted by molar-refractivity contribution is -0.124. The van der Waals surface area contributed by atoms with E-state index in [4.69, 9.17) is 5.73 Å². The largest absolute Gasteiger partial charge is 0.348 e. The molecule has 1 aromatic heterocycles. The molecule has 2 amide bonds. The van der Waals surface area contributed by atoms with Crippen molar-refractivity contribution >= 4 is 35.6 Å². The summed E-state index contributed by atoms with van der Waals surface area (Å²) in [6.45, 7) is -1.74. The fraction of sp³-hybridized carbons (Fsp3) is 0.294. The maximum absolute atomic E-state index is 13.3. The number of halogens is 3. The summed E-state index contributed by atoms with van der Waals surface area (Å²) in [5.41, 5.74) is 5.77. The first-order chi connectivity index (χ1) is 11.9. The van der Waals surface area contributed by atoms with E-state index in [-0.39, 0.29) is 18.8 Å². The summed E-state index contributed by atoms with van der Waals surface area (Å²) in [5.74, 6) is -4.29. The lowest BCUT2D eigenvalue weighted by Gasteiger charge is -2.20. The Morgan fingerprint density at radius 2 is 1.85 bits per heavy atom. The number of nitrogens with two attached hydrogens (primary N) is 1. The molecule has 1 aromatic carbocycles. The van der Waals surface area contributed by atoms with Crippen LogP contribution < -0.4 is 16.4 Å². The van der Waals surface area contributed by atoms with Crippen LogP contribution in [0.25, 0.3) is 0 Å². The third-order valence-corrected chi connectivity index (χ3v) is 4.34. The van der Waals surface area contributed by atoms with E-state index in [0.717, 1.165) is 5.56 Å². The molecule has 0 aliphatic carbocycles. The van der Waals surface area contributed by atoms with Crippen LogP contribution >= 0.6 is 23.7 Å². The summed E-state index contributed by atoms with van der Waals surface area (Å²) in [6, 6.07) is 11.4. The van der Waals surface area contributed by atoms with Crippen molar-refractivity contribution in [1.82, 2.24) is 10.6 Å². The lowest BCUT2D eigenvalue weighted by Crippen LogP contribution is -2.51. The highest BCUT2D eigenvalue weighted by Gasteiger charge is 2.29. The normalized spacial score (nSPS) is 12.0. The average Bonchev–Trinajstić information content (AvgIpc) is 3.15. The van der Waals surface area contributed by atoms with E-state index in [1.807, 2.05) is 6.07 Å². The highest BCUT2D eigenvalue weighted by molar-refractivity contribution is 7.12. The first-order valence-corrected chi connectivity index (χ1v) is 8.53. The van der Waals surface area contributed by atoms with Crippen molar-refractivity contribution in [3.8, 4) is 0 Å². The summed E-state index contributed by atoms with van der Waals surface area (Å²) < 4.78 is 26.5. The zero-order valence-corrected chi connectivity index (χ0v) is 15.4. The van der Waals surface area contributed by atoms with E-state index >= 15 is 0 Å². The number of rotatable bonds is 8. The van der Waals surface area contributed by atoms with Gasteiger partial charge in [-0.1, -0.05) is 36.4 Å². The number of amides is 2. The lowest BCUT2D eigenvalue weighted by atomic mass is 10.0. The molecule has 4 N–H and O–H groups in total. The molecule has 0 saturated carbocycles. The second kappa shape index (κ2) is 10.2. The first-order valence-electron chi connectivity index (χ1n) is 7.65. The number of benzene rings is 1. The van der Waals surface area contributed by atoms with Crippen molar-refractivity contribution in [3.63, 3.8) is 0 Å². The number of hydrogen-bond acceptors (Lipinski definition) is 4. The van der Waals surface area contributed by atoms with E-state index in [1.165, 1.54) is 11.3 Å². The van der Waals surface area contributed by atoms with Crippen LogP contribution in [0.5, 0.6) is 0 Å². The molecule has 0 bridgehead atoms. The van der Waals surface area contributed by atoms with Crippen LogP contribution in [0.2, 0.25) is 0 Å². The van der Waals surface area contributed by atoms with E-state index in [2.05, 4.69) is 10.6 Å². The molecule has 9 heteroatoms. The highest BCUT2D eigenvalue weighted by Crippen LogP contribution is 2.11. The van der Waals surface area contributed by atoms with Crippen molar-refractivity contribution in [2.75, 3.05) is 13.1 Å². The van der Waals surface area contributed by atoms with Crippen LogP contribution in [-0.4, -0.2) is 36.9 Å². The predicted octanol–water partition coefficient (Wildman–Crippen LogP) is 2.22. The SMILES string of the molecule is Cl.NCC(F)(F)CNC(=O)C(Cc1ccccc1)NC(=O)c1cccs1. The molecule has 0 fully saturated rings. The van der Waals surface area contributed by atoms with Crippen molar-refractivity contribution in [1.29, 1.82) is 0 Å². The van der Waals surface area contributed by atoms with Crippen LogP contribution in [0.3, 0.4) is 0 Å². The van der Waals surface area contributed by atoms with Gasteiger partial charge in [0.2, 0.25) is 5.91 Å². The van der Waals surface area contributed by atoms with Crippen LogP contribution in [0.15, 0.2) is 47.8 Å². The fourth-order valence-corrected chi connectivity index (χ4v) is 2.73. The Kier molecular flexibility index (Phi) is 8.64. The number of carbonyl (C=O) groups excluding carboxylic acids is 2. The van der Waals surface area contributed by atoms with Crippen molar-refractivity contribution in [2.45, 2.75) is 18.4 Å². The molecule has 0 aliphatic heterocycles. The molecule has 0 radical (unpaired) electrons. The van der Waals surface area contributed by atoms with Gasteiger partial charge in [0.1, 0.15) is 6.04 Å². The Balaban J connectivity index is 0.00000338. The van der Waals surface area contributed by atoms with Gasteiger partial charge in [0.05, 0.1) is 18.0 Å². The quantitative estimate of drug-likeness (QED) is 0.632. The summed E-state index contributed by atoms with van der Waals surface area (Å²) in [7, 11) is 0. The number of thiophene rings is 1. The van der Waals surface area contributed by atoms with E-state index in [1.54, 1.807) is 41.8 Å². The Labute approximate surface area is 160 Å². The van der Waals surface area contributed by atoms with E-state index < -0.39 is 36.9 Å². The summed E-state index contributed by atoms with van der Waals surface area (Å²) in [4.78, 5) is 25.0. The Morgan fingerprint density at radius 3 is 2.42 bits per heavy atom. The second-order valence-electron chi connectivity index (χ2n) is 5.47. The van der Waals surface area contributed by atoms with Gasteiger partial charge < -0.3 is 16.4 Å². The topological polar surface area (TPSA) is 84.2 Å². The van der Waals surface area contributed by atoms with Gasteiger partial charge in [0, 0.05) is 6.42 Å². The molecule has 0 aliphatic rings. The van der Waals surface area contributed by atoms with Crippen LogP contribution in [-0.2, 0) is 11.2 Å². The van der Waals surface area contributed by atoms with Gasteiger partial charge in [0.15, 0.2) is 0 Å². The summed E-state index contributed by atoms with van der Waals surface area (Å²) >= 11 is 1.23. The van der Waals surface area contributed by atoms with Gasteiger partial charge in [-0.2, -0.15) is 0 Å². The number of nitrogens with one attached hydrogen (secondary N) is 2. The Bertz CT molecular complexity index is 699. The second-order valence-corrected chi connectivity index (χ2v) is 6.42. The van der Waals surface area contributed by atoms with Gasteiger partial charge >= 0.3 is 0 Å². The highest BCUT2D eigenvalue weighted by atomic mass is 35.5. The number of alkyl halides is 2. The van der Waals surface area contributed by atoms with Crippen LogP contribution in [0.1, 0.15) is 15.2 Å². The van der Waals surface area contributed by atoms with Gasteiger partial charge in [-0.05, 0) is 17.0 Å². The zero-order valence-electron chi connectivity index (χ0n) is 13.8. The van der Waals surface area contributed by atoms with Gasteiger partial charge in [-0.25, -0.2) is 8.78 Å². The molecular formula is C17H20ClF2N3O2S. The smallest absolute Gasteiger partial charge is 0.277 e. The molecule has 0 spiro atoms. The monoisotopic (exact) mass is 403 g/mol. The summed E-state index contributed by atoms with van der Waals surface area (Å²) in [6.07, 6.45) is 0.192. The molecule has 1 unspecified atom stereocenters. The van der Waals surface area contributed by atoms with Crippen LogP contribution in [0.4, 0.5) is 8.78 Å².